The molecule has 0 aromatic heterocycles. The maximum absolute atomic E-state index is 6.50. The van der Waals surface area contributed by atoms with Crippen LogP contribution in [0.4, 0.5) is 0 Å². The highest BCUT2D eigenvalue weighted by molar-refractivity contribution is 14.1. The third kappa shape index (κ3) is 3.82. The van der Waals surface area contributed by atoms with Crippen molar-refractivity contribution in [1.82, 2.24) is 0 Å². The zero-order valence-electron chi connectivity index (χ0n) is 16.1. The van der Waals surface area contributed by atoms with Crippen LogP contribution in [0.1, 0.15) is 33.6 Å². The predicted molar refractivity (Wildman–Crippen MR) is 117 cm³/mol. The van der Waals surface area contributed by atoms with E-state index in [9.17, 15) is 0 Å². The molecule has 27 heavy (non-hydrogen) atoms. The van der Waals surface area contributed by atoms with Gasteiger partial charge in [0.1, 0.15) is 17.6 Å². The maximum atomic E-state index is 6.50. The molecule has 4 rings (SSSR count). The molecule has 0 saturated carbocycles. The van der Waals surface area contributed by atoms with Crippen LogP contribution in [-0.4, -0.2) is 23.8 Å². The standard InChI is InChI=1S/C22H27IN2O2/c1-13-12-26-20-8-14(9-22(3,25)10-17(13)20)27-19-5-4-15-16(19)6-7-21(2,24)11-18(15)23/h6-11,13,19H,4-5,12,24-25H2,1-3H3/t13-,19-,21?,22?/m0/s1. The minimum Gasteiger partial charge on any atom is -0.493 e. The summed E-state index contributed by atoms with van der Waals surface area (Å²) in [7, 11) is 0. The molecular formula is C22H27IN2O2. The van der Waals surface area contributed by atoms with E-state index in [2.05, 4.69) is 53.8 Å². The molecule has 4 N–H and O–H groups in total. The van der Waals surface area contributed by atoms with Gasteiger partial charge in [-0.3, -0.25) is 0 Å². The van der Waals surface area contributed by atoms with Crippen molar-refractivity contribution in [2.45, 2.75) is 50.8 Å². The van der Waals surface area contributed by atoms with Gasteiger partial charge in [-0.1, -0.05) is 25.2 Å². The van der Waals surface area contributed by atoms with Crippen LogP contribution < -0.4 is 11.5 Å². The first kappa shape index (κ1) is 19.0. The maximum Gasteiger partial charge on any atom is 0.126 e. The Hall–Kier alpha value is -1.31. The summed E-state index contributed by atoms with van der Waals surface area (Å²) in [6.07, 6.45) is 14.4. The molecular weight excluding hydrogens is 451 g/mol. The van der Waals surface area contributed by atoms with Gasteiger partial charge in [-0.2, -0.15) is 0 Å². The Morgan fingerprint density at radius 3 is 2.74 bits per heavy atom. The first-order chi connectivity index (χ1) is 12.6. The number of hydrogen-bond donors (Lipinski definition) is 2. The van der Waals surface area contributed by atoms with Crippen molar-refractivity contribution >= 4 is 22.6 Å². The van der Waals surface area contributed by atoms with Crippen LogP contribution in [-0.2, 0) is 9.47 Å². The molecule has 5 heteroatoms. The molecule has 2 unspecified atom stereocenters. The molecule has 0 aromatic carbocycles. The average Bonchev–Trinajstić information content (AvgIpc) is 3.02. The van der Waals surface area contributed by atoms with Crippen molar-refractivity contribution < 1.29 is 9.47 Å². The fraction of sp³-hybridized carbons (Fsp3) is 0.455. The summed E-state index contributed by atoms with van der Waals surface area (Å²) < 4.78 is 13.6. The van der Waals surface area contributed by atoms with E-state index < -0.39 is 11.1 Å². The van der Waals surface area contributed by atoms with Crippen molar-refractivity contribution in [2.75, 3.05) is 6.61 Å². The van der Waals surface area contributed by atoms with E-state index in [1.165, 1.54) is 20.3 Å². The van der Waals surface area contributed by atoms with Crippen molar-refractivity contribution in [3.63, 3.8) is 0 Å². The van der Waals surface area contributed by atoms with Crippen molar-refractivity contribution in [3.05, 3.63) is 68.3 Å². The SMILES string of the molecule is C[C@H]1COC2=CC(O[C@H]3CCC4=C3C=CC(C)(N)C=C4I)=CC(C)(N)C=C21. The second-order valence-corrected chi connectivity index (χ2v) is 9.67. The van der Waals surface area contributed by atoms with E-state index >= 15 is 0 Å². The molecule has 0 radical (unpaired) electrons. The van der Waals surface area contributed by atoms with Gasteiger partial charge in [-0.15, -0.1) is 0 Å². The summed E-state index contributed by atoms with van der Waals surface area (Å²) >= 11 is 2.39. The summed E-state index contributed by atoms with van der Waals surface area (Å²) in [5.74, 6) is 2.02. The number of nitrogens with two attached hydrogens (primary N) is 2. The van der Waals surface area contributed by atoms with Crippen molar-refractivity contribution in [1.29, 1.82) is 0 Å². The highest BCUT2D eigenvalue weighted by atomic mass is 127. The molecule has 0 aromatic rings. The molecule has 1 heterocycles. The quantitative estimate of drug-likeness (QED) is 0.585. The Labute approximate surface area is 174 Å². The number of halogens is 1. The second-order valence-electron chi connectivity index (χ2n) is 8.50. The Morgan fingerprint density at radius 2 is 1.96 bits per heavy atom. The Bertz CT molecular complexity index is 856. The van der Waals surface area contributed by atoms with Gasteiger partial charge >= 0.3 is 0 Å². The van der Waals surface area contributed by atoms with Gasteiger partial charge in [0.2, 0.25) is 0 Å². The largest absolute Gasteiger partial charge is 0.493 e. The van der Waals surface area contributed by atoms with E-state index in [1.807, 2.05) is 26.0 Å². The Kier molecular flexibility index (Phi) is 4.68. The Balaban J connectivity index is 1.64. The van der Waals surface area contributed by atoms with Gasteiger partial charge in [0.25, 0.3) is 0 Å². The molecule has 0 spiro atoms. The van der Waals surface area contributed by atoms with Gasteiger partial charge in [-0.05, 0) is 78.2 Å². The van der Waals surface area contributed by atoms with E-state index in [0.717, 1.165) is 24.4 Å². The summed E-state index contributed by atoms with van der Waals surface area (Å²) in [5, 5.41) is 0. The van der Waals surface area contributed by atoms with Crippen LogP contribution in [0.3, 0.4) is 0 Å². The second kappa shape index (κ2) is 6.64. The highest BCUT2D eigenvalue weighted by Gasteiger charge is 2.33. The van der Waals surface area contributed by atoms with Crippen LogP contribution in [0.2, 0.25) is 0 Å². The van der Waals surface area contributed by atoms with E-state index in [1.54, 1.807) is 0 Å². The fourth-order valence-corrected chi connectivity index (χ4v) is 5.34. The number of allylic oxidation sites excluding steroid dienone is 4. The zero-order valence-corrected chi connectivity index (χ0v) is 18.2. The van der Waals surface area contributed by atoms with Gasteiger partial charge in [0.15, 0.2) is 0 Å². The predicted octanol–water partition coefficient (Wildman–Crippen LogP) is 4.16. The van der Waals surface area contributed by atoms with E-state index in [-0.39, 0.29) is 6.10 Å². The molecule has 144 valence electrons. The van der Waals surface area contributed by atoms with Gasteiger partial charge in [-0.25, -0.2) is 0 Å². The lowest BCUT2D eigenvalue weighted by atomic mass is 9.95. The lowest BCUT2D eigenvalue weighted by Crippen LogP contribution is -2.32. The smallest absolute Gasteiger partial charge is 0.126 e. The van der Waals surface area contributed by atoms with Crippen LogP contribution in [0.15, 0.2) is 68.3 Å². The first-order valence-corrected chi connectivity index (χ1v) is 10.6. The monoisotopic (exact) mass is 478 g/mol. The molecule has 4 aliphatic rings. The molecule has 4 nitrogen and oxygen atoms in total. The fourth-order valence-electron chi connectivity index (χ4n) is 4.09. The number of hydrogen-bond acceptors (Lipinski definition) is 4. The van der Waals surface area contributed by atoms with Crippen molar-refractivity contribution in [2.24, 2.45) is 17.4 Å². The number of ether oxygens (including phenoxy) is 2. The molecule has 1 saturated heterocycles. The zero-order chi connectivity index (χ0) is 19.4. The molecule has 4 atom stereocenters. The number of fused-ring (bicyclic) bond motifs is 1. The highest BCUT2D eigenvalue weighted by Crippen LogP contribution is 2.41. The summed E-state index contributed by atoms with van der Waals surface area (Å²) in [4.78, 5) is 0. The van der Waals surface area contributed by atoms with Crippen molar-refractivity contribution in [3.8, 4) is 0 Å². The Morgan fingerprint density at radius 1 is 1.19 bits per heavy atom. The van der Waals surface area contributed by atoms with Crippen LogP contribution in [0.5, 0.6) is 0 Å². The minimum absolute atomic E-state index is 0.00240. The van der Waals surface area contributed by atoms with Crippen LogP contribution >= 0.6 is 22.6 Å². The van der Waals surface area contributed by atoms with Crippen LogP contribution in [0, 0.1) is 5.92 Å². The topological polar surface area (TPSA) is 70.5 Å². The molecule has 1 fully saturated rings. The van der Waals surface area contributed by atoms with Gasteiger partial charge in [0, 0.05) is 15.6 Å². The summed E-state index contributed by atoms with van der Waals surface area (Å²) in [6.45, 7) is 6.88. The normalized spacial score (nSPS) is 38.0. The van der Waals surface area contributed by atoms with Gasteiger partial charge < -0.3 is 20.9 Å². The van der Waals surface area contributed by atoms with E-state index in [4.69, 9.17) is 20.9 Å². The first-order valence-electron chi connectivity index (χ1n) is 9.49. The molecule has 3 aliphatic carbocycles. The van der Waals surface area contributed by atoms with Gasteiger partial charge in [0.05, 0.1) is 17.7 Å². The lowest BCUT2D eigenvalue weighted by Gasteiger charge is -2.21. The summed E-state index contributed by atoms with van der Waals surface area (Å²) in [5.41, 5.74) is 15.6. The average molecular weight is 478 g/mol. The summed E-state index contributed by atoms with van der Waals surface area (Å²) in [6, 6.07) is 0. The molecule has 0 bridgehead atoms. The molecule has 0 amide bonds. The number of rotatable bonds is 2. The molecule has 1 aliphatic heterocycles. The van der Waals surface area contributed by atoms with Crippen LogP contribution in [0.25, 0.3) is 0 Å². The third-order valence-electron chi connectivity index (χ3n) is 5.48. The lowest BCUT2D eigenvalue weighted by molar-refractivity contribution is 0.154. The third-order valence-corrected chi connectivity index (χ3v) is 6.44. The minimum atomic E-state index is -0.565. The van der Waals surface area contributed by atoms with E-state index in [0.29, 0.717) is 12.5 Å².